The topological polar surface area (TPSA) is 75.2 Å². The van der Waals surface area contributed by atoms with Crippen LogP contribution in [0.25, 0.3) is 20.8 Å². The maximum absolute atomic E-state index is 12.7. The minimum absolute atomic E-state index is 0.108. The lowest BCUT2D eigenvalue weighted by Crippen LogP contribution is -2.35. The van der Waals surface area contributed by atoms with Gasteiger partial charge in [0.2, 0.25) is 11.8 Å². The first kappa shape index (κ1) is 18.2. The molecule has 5 rings (SSSR count). The Labute approximate surface area is 173 Å². The Bertz CT molecular complexity index is 1020. The maximum Gasteiger partial charge on any atom is 0.230 e. The molecule has 1 saturated heterocycles. The minimum Gasteiger partial charge on any atom is -0.339 e. The monoisotopic (exact) mass is 406 g/mol. The quantitative estimate of drug-likeness (QED) is 0.708. The first-order valence-corrected chi connectivity index (χ1v) is 10.9. The number of rotatable bonds is 4. The molecule has 1 atom stereocenters. The zero-order valence-electron chi connectivity index (χ0n) is 16.0. The van der Waals surface area contributed by atoms with Crippen LogP contribution in [0.4, 0.5) is 5.82 Å². The number of benzene rings is 1. The Hall–Kier alpha value is -2.80. The molecule has 29 heavy (non-hydrogen) atoms. The van der Waals surface area contributed by atoms with E-state index < -0.39 is 0 Å². The highest BCUT2D eigenvalue weighted by Gasteiger charge is 2.38. The zero-order chi connectivity index (χ0) is 19.8. The first-order chi connectivity index (χ1) is 14.2. The van der Waals surface area contributed by atoms with E-state index in [9.17, 15) is 9.59 Å². The second-order valence-corrected chi connectivity index (χ2v) is 8.82. The zero-order valence-corrected chi connectivity index (χ0v) is 16.8. The van der Waals surface area contributed by atoms with Crippen LogP contribution < -0.4 is 5.32 Å². The van der Waals surface area contributed by atoms with Gasteiger partial charge in [-0.3, -0.25) is 9.59 Å². The Kier molecular flexibility index (Phi) is 4.75. The number of fused-ring (bicyclic) bond motifs is 1. The fourth-order valence-electron chi connectivity index (χ4n) is 4.29. The number of likely N-dealkylation sites (tertiary alicyclic amines) is 1. The molecule has 1 aromatic carbocycles. The third-order valence-corrected chi connectivity index (χ3v) is 6.94. The van der Waals surface area contributed by atoms with Crippen molar-refractivity contribution >= 4 is 39.2 Å². The molecule has 1 N–H and O–H groups in total. The SMILES string of the molecule is O=C(Nc1ccc(-c2nc3ccccc3s2)cn1)C1CC(=O)N(C2CCCC2)C1. The summed E-state index contributed by atoms with van der Waals surface area (Å²) in [6, 6.07) is 12.1. The fourth-order valence-corrected chi connectivity index (χ4v) is 5.25. The van der Waals surface area contributed by atoms with E-state index >= 15 is 0 Å². The summed E-state index contributed by atoms with van der Waals surface area (Å²) in [7, 11) is 0. The average molecular weight is 407 g/mol. The molecule has 2 aromatic heterocycles. The molecule has 1 aliphatic heterocycles. The lowest BCUT2D eigenvalue weighted by Gasteiger charge is -2.23. The van der Waals surface area contributed by atoms with Crippen molar-refractivity contribution in [3.63, 3.8) is 0 Å². The summed E-state index contributed by atoms with van der Waals surface area (Å²) in [5.41, 5.74) is 1.90. The van der Waals surface area contributed by atoms with Crippen molar-refractivity contribution in [2.45, 2.75) is 38.1 Å². The summed E-state index contributed by atoms with van der Waals surface area (Å²) in [5.74, 6) is 0.191. The van der Waals surface area contributed by atoms with Crippen LogP contribution in [-0.2, 0) is 9.59 Å². The molecule has 0 bridgehead atoms. The number of carbonyl (C=O) groups excluding carboxylic acids is 2. The van der Waals surface area contributed by atoms with Gasteiger partial charge in [0.1, 0.15) is 10.8 Å². The van der Waals surface area contributed by atoms with Crippen molar-refractivity contribution in [1.29, 1.82) is 0 Å². The average Bonchev–Trinajstić information content (AvgIpc) is 3.47. The van der Waals surface area contributed by atoms with Crippen LogP contribution in [-0.4, -0.2) is 39.3 Å². The second-order valence-electron chi connectivity index (χ2n) is 7.79. The first-order valence-electron chi connectivity index (χ1n) is 10.1. The van der Waals surface area contributed by atoms with Gasteiger partial charge < -0.3 is 10.2 Å². The Morgan fingerprint density at radius 3 is 2.72 bits per heavy atom. The third kappa shape index (κ3) is 3.62. The van der Waals surface area contributed by atoms with E-state index in [4.69, 9.17) is 0 Å². The summed E-state index contributed by atoms with van der Waals surface area (Å²) in [5, 5.41) is 3.78. The molecule has 0 spiro atoms. The van der Waals surface area contributed by atoms with Gasteiger partial charge in [-0.15, -0.1) is 11.3 Å². The molecule has 3 heterocycles. The van der Waals surface area contributed by atoms with Gasteiger partial charge in [-0.25, -0.2) is 9.97 Å². The van der Waals surface area contributed by atoms with Crippen molar-refractivity contribution in [1.82, 2.24) is 14.9 Å². The summed E-state index contributed by atoms with van der Waals surface area (Å²) in [4.78, 5) is 35.9. The summed E-state index contributed by atoms with van der Waals surface area (Å²) >= 11 is 1.62. The van der Waals surface area contributed by atoms with E-state index in [1.54, 1.807) is 23.6 Å². The minimum atomic E-state index is -0.297. The van der Waals surface area contributed by atoms with E-state index in [1.165, 1.54) is 12.8 Å². The van der Waals surface area contributed by atoms with E-state index in [2.05, 4.69) is 21.4 Å². The predicted molar refractivity (Wildman–Crippen MR) is 114 cm³/mol. The number of para-hydroxylation sites is 1. The lowest BCUT2D eigenvalue weighted by molar-refractivity contribution is -0.129. The molecule has 6 nitrogen and oxygen atoms in total. The molecule has 7 heteroatoms. The van der Waals surface area contributed by atoms with Crippen molar-refractivity contribution in [2.24, 2.45) is 5.92 Å². The standard InChI is InChI=1S/C22H22N4O2S/c27-20-11-15(13-26(20)16-5-1-2-6-16)21(28)25-19-10-9-14(12-23-19)22-24-17-7-3-4-8-18(17)29-22/h3-4,7-10,12,15-16H,1-2,5-6,11,13H2,(H,23,25,28). The molecule has 3 aromatic rings. The van der Waals surface area contributed by atoms with Crippen molar-refractivity contribution in [3.8, 4) is 10.6 Å². The van der Waals surface area contributed by atoms with Crippen LogP contribution >= 0.6 is 11.3 Å². The summed E-state index contributed by atoms with van der Waals surface area (Å²) in [6.45, 7) is 0.527. The van der Waals surface area contributed by atoms with Gasteiger partial charge in [-0.1, -0.05) is 25.0 Å². The van der Waals surface area contributed by atoms with Crippen molar-refractivity contribution in [2.75, 3.05) is 11.9 Å². The van der Waals surface area contributed by atoms with E-state index in [-0.39, 0.29) is 17.7 Å². The number of nitrogens with zero attached hydrogens (tertiary/aromatic N) is 3. The van der Waals surface area contributed by atoms with Gasteiger partial charge in [0, 0.05) is 30.8 Å². The number of amides is 2. The molecule has 0 radical (unpaired) electrons. The normalized spacial score (nSPS) is 19.9. The van der Waals surface area contributed by atoms with Crippen molar-refractivity contribution in [3.05, 3.63) is 42.6 Å². The number of aromatic nitrogens is 2. The largest absolute Gasteiger partial charge is 0.339 e. The number of thiazole rings is 1. The number of nitrogens with one attached hydrogen (secondary N) is 1. The number of carbonyl (C=O) groups is 2. The maximum atomic E-state index is 12.7. The van der Waals surface area contributed by atoms with Crippen LogP contribution in [0.2, 0.25) is 0 Å². The molecule has 148 valence electrons. The summed E-state index contributed by atoms with van der Waals surface area (Å²) < 4.78 is 1.14. The van der Waals surface area contributed by atoms with Crippen LogP contribution in [0.5, 0.6) is 0 Å². The molecule has 2 amide bonds. The van der Waals surface area contributed by atoms with Crippen LogP contribution in [0, 0.1) is 5.92 Å². The number of hydrogen-bond acceptors (Lipinski definition) is 5. The van der Waals surface area contributed by atoms with Gasteiger partial charge in [0.25, 0.3) is 0 Å². The fraction of sp³-hybridized carbons (Fsp3) is 0.364. The van der Waals surface area contributed by atoms with Gasteiger partial charge in [-0.2, -0.15) is 0 Å². The summed E-state index contributed by atoms with van der Waals surface area (Å²) in [6.07, 6.45) is 6.51. The third-order valence-electron chi connectivity index (χ3n) is 5.85. The molecule has 1 unspecified atom stereocenters. The van der Waals surface area contributed by atoms with Gasteiger partial charge in [-0.05, 0) is 37.1 Å². The number of hydrogen-bond donors (Lipinski definition) is 1. The molecule has 2 fully saturated rings. The highest BCUT2D eigenvalue weighted by atomic mass is 32.1. The predicted octanol–water partition coefficient (Wildman–Crippen LogP) is 4.09. The van der Waals surface area contributed by atoms with Gasteiger partial charge in [0.15, 0.2) is 0 Å². The molecule has 2 aliphatic rings. The second kappa shape index (κ2) is 7.55. The molecular formula is C22H22N4O2S. The van der Waals surface area contributed by atoms with E-state index in [0.717, 1.165) is 33.6 Å². The lowest BCUT2D eigenvalue weighted by atomic mass is 10.1. The molecule has 1 saturated carbocycles. The Balaban J connectivity index is 1.25. The van der Waals surface area contributed by atoms with Gasteiger partial charge >= 0.3 is 0 Å². The molecular weight excluding hydrogens is 384 g/mol. The van der Waals surface area contributed by atoms with Crippen LogP contribution in [0.3, 0.4) is 0 Å². The number of anilines is 1. The highest BCUT2D eigenvalue weighted by molar-refractivity contribution is 7.21. The van der Waals surface area contributed by atoms with Crippen LogP contribution in [0.1, 0.15) is 32.1 Å². The highest BCUT2D eigenvalue weighted by Crippen LogP contribution is 2.31. The Morgan fingerprint density at radius 1 is 1.14 bits per heavy atom. The number of pyridine rings is 1. The van der Waals surface area contributed by atoms with Gasteiger partial charge in [0.05, 0.1) is 16.1 Å². The smallest absolute Gasteiger partial charge is 0.230 e. The van der Waals surface area contributed by atoms with Crippen LogP contribution in [0.15, 0.2) is 42.6 Å². The molecule has 1 aliphatic carbocycles. The Morgan fingerprint density at radius 2 is 1.97 bits per heavy atom. The van der Waals surface area contributed by atoms with E-state index in [0.29, 0.717) is 24.8 Å². The van der Waals surface area contributed by atoms with Crippen molar-refractivity contribution < 1.29 is 9.59 Å². The van der Waals surface area contributed by atoms with E-state index in [1.807, 2.05) is 29.2 Å².